The van der Waals surface area contributed by atoms with Crippen molar-refractivity contribution in [2.75, 3.05) is 5.32 Å². The molecule has 32 heavy (non-hydrogen) atoms. The Balaban J connectivity index is 1.52. The van der Waals surface area contributed by atoms with Gasteiger partial charge in [0.05, 0.1) is 23.4 Å². The second-order valence-electron chi connectivity index (χ2n) is 7.79. The molecule has 0 unspecified atom stereocenters. The summed E-state index contributed by atoms with van der Waals surface area (Å²) in [5, 5.41) is 22.1. The van der Waals surface area contributed by atoms with E-state index in [-0.39, 0.29) is 11.9 Å². The topological polar surface area (TPSA) is 90.0 Å². The molecule has 1 aromatic carbocycles. The molecule has 2 atom stereocenters. The molecule has 3 heterocycles. The highest BCUT2D eigenvalue weighted by Gasteiger charge is 2.28. The normalized spacial score (nSPS) is 18.5. The first-order valence-corrected chi connectivity index (χ1v) is 10.4. The van der Waals surface area contributed by atoms with Crippen LogP contribution < -0.4 is 10.1 Å². The average Bonchev–Trinajstić information content (AvgIpc) is 3.49. The summed E-state index contributed by atoms with van der Waals surface area (Å²) in [5.41, 5.74) is 1.67. The van der Waals surface area contributed by atoms with Crippen molar-refractivity contribution in [1.29, 1.82) is 0 Å². The third-order valence-corrected chi connectivity index (χ3v) is 5.61. The maximum atomic E-state index is 13.7. The SMILES string of the molecule is Cn1ncc2c(O[C@H]3CCC[C@H]3O)cc(Nc3cc(-c4ccccc4)nn3C(F)F)nc21. The number of hydrogen-bond acceptors (Lipinski definition) is 6. The first-order chi connectivity index (χ1) is 15.5. The van der Waals surface area contributed by atoms with Gasteiger partial charge in [0.25, 0.3) is 0 Å². The van der Waals surface area contributed by atoms with Gasteiger partial charge < -0.3 is 15.2 Å². The molecule has 0 spiro atoms. The lowest BCUT2D eigenvalue weighted by molar-refractivity contribution is 0.0592. The monoisotopic (exact) mass is 440 g/mol. The molecule has 3 aromatic heterocycles. The van der Waals surface area contributed by atoms with E-state index in [9.17, 15) is 13.9 Å². The average molecular weight is 440 g/mol. The van der Waals surface area contributed by atoms with Gasteiger partial charge in [0, 0.05) is 24.7 Å². The van der Waals surface area contributed by atoms with Crippen molar-refractivity contribution in [1.82, 2.24) is 24.5 Å². The molecule has 166 valence electrons. The maximum Gasteiger partial charge on any atom is 0.335 e. The van der Waals surface area contributed by atoms with Crippen molar-refractivity contribution in [3.05, 3.63) is 48.7 Å². The summed E-state index contributed by atoms with van der Waals surface area (Å²) in [6.07, 6.45) is 3.08. The molecule has 2 N–H and O–H groups in total. The minimum Gasteiger partial charge on any atom is -0.487 e. The van der Waals surface area contributed by atoms with Gasteiger partial charge in [0.2, 0.25) is 0 Å². The van der Waals surface area contributed by atoms with Crippen molar-refractivity contribution in [2.24, 2.45) is 7.05 Å². The number of alkyl halides is 2. The Hall–Kier alpha value is -3.53. The van der Waals surface area contributed by atoms with Gasteiger partial charge in [0.15, 0.2) is 5.65 Å². The Morgan fingerprint density at radius 2 is 2.00 bits per heavy atom. The number of aryl methyl sites for hydroxylation is 1. The van der Waals surface area contributed by atoms with E-state index < -0.39 is 12.7 Å². The molecule has 0 aliphatic heterocycles. The van der Waals surface area contributed by atoms with Gasteiger partial charge >= 0.3 is 6.55 Å². The molecule has 5 rings (SSSR count). The Morgan fingerprint density at radius 1 is 1.19 bits per heavy atom. The zero-order chi connectivity index (χ0) is 22.2. The van der Waals surface area contributed by atoms with Crippen molar-refractivity contribution in [3.63, 3.8) is 0 Å². The van der Waals surface area contributed by atoms with Crippen LogP contribution in [0.2, 0.25) is 0 Å². The molecule has 1 aliphatic rings. The van der Waals surface area contributed by atoms with E-state index in [0.29, 0.717) is 39.4 Å². The van der Waals surface area contributed by atoms with E-state index in [4.69, 9.17) is 4.74 Å². The fourth-order valence-corrected chi connectivity index (χ4v) is 3.97. The van der Waals surface area contributed by atoms with E-state index in [2.05, 4.69) is 20.5 Å². The molecule has 1 fully saturated rings. The van der Waals surface area contributed by atoms with Crippen LogP contribution in [0.5, 0.6) is 5.75 Å². The third kappa shape index (κ3) is 3.77. The van der Waals surface area contributed by atoms with Crippen LogP contribution in [0, 0.1) is 0 Å². The highest BCUT2D eigenvalue weighted by molar-refractivity contribution is 5.84. The number of pyridine rings is 1. The zero-order valence-electron chi connectivity index (χ0n) is 17.3. The number of fused-ring (bicyclic) bond motifs is 1. The van der Waals surface area contributed by atoms with Crippen LogP contribution in [0.1, 0.15) is 25.8 Å². The summed E-state index contributed by atoms with van der Waals surface area (Å²) >= 11 is 0. The minimum absolute atomic E-state index is 0.0970. The van der Waals surface area contributed by atoms with E-state index in [0.717, 1.165) is 18.4 Å². The fourth-order valence-electron chi connectivity index (χ4n) is 3.97. The predicted octanol–water partition coefficient (Wildman–Crippen LogP) is 4.26. The van der Waals surface area contributed by atoms with Crippen LogP contribution in [0.4, 0.5) is 20.4 Å². The molecule has 4 aromatic rings. The lowest BCUT2D eigenvalue weighted by atomic mass is 10.1. The van der Waals surface area contributed by atoms with Gasteiger partial charge in [-0.2, -0.15) is 23.7 Å². The van der Waals surface area contributed by atoms with Gasteiger partial charge in [-0.25, -0.2) is 4.98 Å². The second-order valence-corrected chi connectivity index (χ2v) is 7.79. The third-order valence-electron chi connectivity index (χ3n) is 5.61. The maximum absolute atomic E-state index is 13.7. The standard InChI is InChI=1S/C22H22F2N6O2/c1-29-21-14(12-25-29)18(32-17-9-5-8-16(17)31)11-19(27-21)26-20-10-15(28-30(20)22(23)24)13-6-3-2-4-7-13/h2-4,6-7,10-12,16-17,22,31H,5,8-9H2,1H3,(H,26,27)/t16-,17+/m1/s1. The van der Waals surface area contributed by atoms with Gasteiger partial charge in [-0.05, 0) is 19.3 Å². The molecule has 0 saturated heterocycles. The predicted molar refractivity (Wildman–Crippen MR) is 115 cm³/mol. The number of rotatable bonds is 6. The van der Waals surface area contributed by atoms with Crippen LogP contribution in [-0.4, -0.2) is 41.9 Å². The van der Waals surface area contributed by atoms with Gasteiger partial charge in [-0.15, -0.1) is 0 Å². The van der Waals surface area contributed by atoms with Crippen LogP contribution in [0.25, 0.3) is 22.3 Å². The molecule has 0 radical (unpaired) electrons. The summed E-state index contributed by atoms with van der Waals surface area (Å²) in [5.74, 6) is 0.896. The smallest absolute Gasteiger partial charge is 0.335 e. The Labute approximate surface area is 182 Å². The molecule has 0 amide bonds. The Morgan fingerprint density at radius 3 is 2.72 bits per heavy atom. The number of ether oxygens (including phenoxy) is 1. The van der Waals surface area contributed by atoms with Crippen molar-refractivity contribution in [3.8, 4) is 17.0 Å². The number of nitrogens with one attached hydrogen (secondary N) is 1. The number of aliphatic hydroxyl groups excluding tert-OH is 1. The Kier molecular flexibility index (Phi) is 5.22. The molecular formula is C22H22F2N6O2. The Bertz CT molecular complexity index is 1240. The number of halogens is 2. The molecule has 1 aliphatic carbocycles. The quantitative estimate of drug-likeness (QED) is 0.466. The number of aromatic nitrogens is 5. The summed E-state index contributed by atoms with van der Waals surface area (Å²) in [6, 6.07) is 12.3. The number of anilines is 2. The van der Waals surface area contributed by atoms with Crippen molar-refractivity contribution < 1.29 is 18.6 Å². The summed E-state index contributed by atoms with van der Waals surface area (Å²) < 4.78 is 35.7. The largest absolute Gasteiger partial charge is 0.487 e. The van der Waals surface area contributed by atoms with Crippen molar-refractivity contribution in [2.45, 2.75) is 38.0 Å². The molecule has 8 nitrogen and oxygen atoms in total. The van der Waals surface area contributed by atoms with E-state index in [1.807, 2.05) is 18.2 Å². The fraction of sp³-hybridized carbons (Fsp3) is 0.318. The highest BCUT2D eigenvalue weighted by Crippen LogP contribution is 2.34. The number of hydrogen-bond donors (Lipinski definition) is 2. The summed E-state index contributed by atoms with van der Waals surface area (Å²) in [6.45, 7) is -2.83. The number of benzene rings is 1. The minimum atomic E-state index is -2.83. The summed E-state index contributed by atoms with van der Waals surface area (Å²) in [7, 11) is 1.74. The van der Waals surface area contributed by atoms with E-state index in [1.165, 1.54) is 0 Å². The van der Waals surface area contributed by atoms with Crippen LogP contribution in [0.3, 0.4) is 0 Å². The first-order valence-electron chi connectivity index (χ1n) is 10.4. The zero-order valence-corrected chi connectivity index (χ0v) is 17.3. The van der Waals surface area contributed by atoms with Crippen LogP contribution in [0.15, 0.2) is 48.7 Å². The van der Waals surface area contributed by atoms with Crippen molar-refractivity contribution >= 4 is 22.7 Å². The molecular weight excluding hydrogens is 418 g/mol. The first kappa shape index (κ1) is 20.4. The number of nitrogens with zero attached hydrogens (tertiary/aromatic N) is 5. The van der Waals surface area contributed by atoms with Crippen LogP contribution in [-0.2, 0) is 7.05 Å². The number of aliphatic hydroxyl groups is 1. The van der Waals surface area contributed by atoms with Crippen LogP contribution >= 0.6 is 0 Å². The van der Waals surface area contributed by atoms with Gasteiger partial charge in [-0.3, -0.25) is 4.68 Å². The molecule has 0 bridgehead atoms. The molecule has 1 saturated carbocycles. The summed E-state index contributed by atoms with van der Waals surface area (Å²) in [4.78, 5) is 4.53. The lowest BCUT2D eigenvalue weighted by Crippen LogP contribution is -2.25. The highest BCUT2D eigenvalue weighted by atomic mass is 19.3. The van der Waals surface area contributed by atoms with E-state index in [1.54, 1.807) is 42.2 Å². The lowest BCUT2D eigenvalue weighted by Gasteiger charge is -2.18. The molecule has 10 heteroatoms. The van der Waals surface area contributed by atoms with Gasteiger partial charge in [0.1, 0.15) is 23.5 Å². The van der Waals surface area contributed by atoms with E-state index >= 15 is 0 Å². The second kappa shape index (κ2) is 8.19. The van der Waals surface area contributed by atoms with Gasteiger partial charge in [-0.1, -0.05) is 30.3 Å².